The highest BCUT2D eigenvalue weighted by molar-refractivity contribution is 5.76. The molecule has 51 heavy (non-hydrogen) atoms. The minimum absolute atomic E-state index is 0.0646. The Morgan fingerprint density at radius 2 is 1.59 bits per heavy atom. The summed E-state index contributed by atoms with van der Waals surface area (Å²) >= 11 is 0. The van der Waals surface area contributed by atoms with Crippen LogP contribution in [0, 0.1) is 50.7 Å². The number of ether oxygens (including phenoxy) is 5. The van der Waals surface area contributed by atoms with Gasteiger partial charge in [-0.1, -0.05) is 39.3 Å². The molecule has 288 valence electrons. The van der Waals surface area contributed by atoms with Gasteiger partial charge >= 0.3 is 17.9 Å². The highest BCUT2D eigenvalue weighted by Gasteiger charge is 2.69. The Morgan fingerprint density at radius 1 is 0.922 bits per heavy atom. The second-order valence-corrected chi connectivity index (χ2v) is 18.3. The van der Waals surface area contributed by atoms with Gasteiger partial charge in [0.05, 0.1) is 31.3 Å². The molecule has 1 heterocycles. The fourth-order valence-electron chi connectivity index (χ4n) is 12.4. The maximum absolute atomic E-state index is 13.1. The predicted molar refractivity (Wildman–Crippen MR) is 186 cm³/mol. The third-order valence-corrected chi connectivity index (χ3v) is 15.8. The van der Waals surface area contributed by atoms with E-state index in [2.05, 4.69) is 40.7 Å². The summed E-state index contributed by atoms with van der Waals surface area (Å²) in [5.41, 5.74) is 0.321. The van der Waals surface area contributed by atoms with Crippen molar-refractivity contribution in [2.24, 2.45) is 50.7 Å². The van der Waals surface area contributed by atoms with Crippen molar-refractivity contribution in [3.05, 3.63) is 11.6 Å². The topological polar surface area (TPSA) is 158 Å². The van der Waals surface area contributed by atoms with Gasteiger partial charge in [0, 0.05) is 31.6 Å². The van der Waals surface area contributed by atoms with Crippen LogP contribution in [0.5, 0.6) is 0 Å². The van der Waals surface area contributed by atoms with Gasteiger partial charge in [0.25, 0.3) is 0 Å². The average Bonchev–Trinajstić information content (AvgIpc) is 3.06. The van der Waals surface area contributed by atoms with Crippen LogP contribution in [0.4, 0.5) is 0 Å². The van der Waals surface area contributed by atoms with Crippen LogP contribution in [0.1, 0.15) is 113 Å². The number of aliphatic hydroxyl groups excluding tert-OH is 3. The van der Waals surface area contributed by atoms with Gasteiger partial charge in [-0.2, -0.15) is 0 Å². The zero-order valence-corrected chi connectivity index (χ0v) is 32.1. The van der Waals surface area contributed by atoms with Crippen LogP contribution >= 0.6 is 0 Å². The standard InChI is InChI=1S/C40H62O11/c1-21-33(51-23(3)42)31(44)32(45)34(49-21)48-20-24-25-12-13-39(7)29(40(25,8)30(43)18-28(24)50-22(2)41)11-10-26-27-19-37(5,35(46)47-9)15-14-36(27,4)16-17-38(26,39)6/h10,21,24-25,27-34,43-45H,11-20H2,1-9H3/t21-,24-,25-,27-,28-,29-,30-,31-,32+,33-,34+,36+,37+,38+,39+,40-/m0/s1. The van der Waals surface area contributed by atoms with Gasteiger partial charge in [0.15, 0.2) is 12.4 Å². The van der Waals surface area contributed by atoms with E-state index in [1.54, 1.807) is 6.92 Å². The maximum Gasteiger partial charge on any atom is 0.311 e. The molecular formula is C40H62O11. The first kappa shape index (κ1) is 38.7. The Kier molecular flexibility index (Phi) is 10.1. The molecule has 0 aromatic heterocycles. The summed E-state index contributed by atoms with van der Waals surface area (Å²) in [5.74, 6) is -1.09. The van der Waals surface area contributed by atoms with Crippen molar-refractivity contribution in [1.82, 2.24) is 0 Å². The van der Waals surface area contributed by atoms with Crippen LogP contribution in [0.2, 0.25) is 0 Å². The van der Waals surface area contributed by atoms with E-state index in [0.29, 0.717) is 0 Å². The number of hydrogen-bond acceptors (Lipinski definition) is 11. The minimum Gasteiger partial charge on any atom is -0.469 e. The summed E-state index contributed by atoms with van der Waals surface area (Å²) in [7, 11) is 1.49. The Morgan fingerprint density at radius 3 is 2.24 bits per heavy atom. The number of carbonyl (C=O) groups excluding carboxylic acids is 3. The zero-order valence-electron chi connectivity index (χ0n) is 32.1. The van der Waals surface area contributed by atoms with Crippen molar-refractivity contribution in [1.29, 1.82) is 0 Å². The molecule has 0 spiro atoms. The van der Waals surface area contributed by atoms with Gasteiger partial charge in [-0.3, -0.25) is 14.4 Å². The van der Waals surface area contributed by atoms with Crippen LogP contribution in [0.25, 0.3) is 0 Å². The number of esters is 3. The van der Waals surface area contributed by atoms with E-state index in [1.807, 2.05) is 0 Å². The normalized spacial score (nSPS) is 50.7. The highest BCUT2D eigenvalue weighted by atomic mass is 16.7. The predicted octanol–water partition coefficient (Wildman–Crippen LogP) is 4.87. The summed E-state index contributed by atoms with van der Waals surface area (Å²) in [6.45, 7) is 15.9. The van der Waals surface area contributed by atoms with Gasteiger partial charge in [-0.25, -0.2) is 0 Å². The number of rotatable bonds is 6. The second kappa shape index (κ2) is 13.4. The number of aliphatic hydroxyl groups is 3. The van der Waals surface area contributed by atoms with Gasteiger partial charge in [-0.05, 0) is 99.2 Å². The molecule has 0 amide bonds. The van der Waals surface area contributed by atoms with Crippen LogP contribution in [-0.4, -0.2) is 89.9 Å². The van der Waals surface area contributed by atoms with Gasteiger partial charge in [0.2, 0.25) is 0 Å². The summed E-state index contributed by atoms with van der Waals surface area (Å²) in [6.07, 6.45) is 2.86. The Hall–Kier alpha value is -2.05. The molecule has 0 aromatic carbocycles. The fraction of sp³-hybridized carbons (Fsp3) is 0.875. The Bertz CT molecular complexity index is 1410. The first-order valence-electron chi connectivity index (χ1n) is 19.2. The van der Waals surface area contributed by atoms with Crippen molar-refractivity contribution in [2.45, 2.75) is 156 Å². The molecule has 4 saturated carbocycles. The van der Waals surface area contributed by atoms with Crippen molar-refractivity contribution in [2.75, 3.05) is 13.7 Å². The lowest BCUT2D eigenvalue weighted by molar-refractivity contribution is -0.305. The molecule has 1 aliphatic heterocycles. The molecule has 0 aromatic rings. The van der Waals surface area contributed by atoms with Gasteiger partial charge in [-0.15, -0.1) is 0 Å². The number of methoxy groups -OCH3 is 1. The van der Waals surface area contributed by atoms with Crippen LogP contribution in [0.15, 0.2) is 11.6 Å². The SMILES string of the molecule is COC(=O)[C@]1(C)CC[C@]2(C)CC[C@]3(C)C(=CC[C@@H]4[C@@]5(C)[C@@H](O)C[C@H](OC(C)=O)[C@@H](CO[C@@H]6O[C@@H](C)[C@H](OC(C)=O)[C@@H](O)[C@H]6O)[C@@H]5CC[C@]43C)[C@@H]2C1. The molecule has 6 aliphatic rings. The van der Waals surface area contributed by atoms with Crippen LogP contribution in [-0.2, 0) is 38.1 Å². The third kappa shape index (κ3) is 6.00. The van der Waals surface area contributed by atoms with E-state index in [1.165, 1.54) is 26.5 Å². The Balaban J connectivity index is 1.30. The monoisotopic (exact) mass is 718 g/mol. The molecule has 3 N–H and O–H groups in total. The van der Waals surface area contributed by atoms with E-state index in [4.69, 9.17) is 23.7 Å². The molecule has 5 fully saturated rings. The zero-order chi connectivity index (χ0) is 37.5. The van der Waals surface area contributed by atoms with Crippen molar-refractivity contribution < 1.29 is 53.4 Å². The lowest BCUT2D eigenvalue weighted by Crippen LogP contribution is -2.67. The molecular weight excluding hydrogens is 656 g/mol. The van der Waals surface area contributed by atoms with E-state index in [0.717, 1.165) is 51.4 Å². The molecule has 11 heteroatoms. The van der Waals surface area contributed by atoms with Gasteiger partial charge in [0.1, 0.15) is 18.3 Å². The fourth-order valence-corrected chi connectivity index (χ4v) is 12.4. The number of carbonyl (C=O) groups is 3. The quantitative estimate of drug-likeness (QED) is 0.196. The van der Waals surface area contributed by atoms with Gasteiger partial charge < -0.3 is 39.0 Å². The summed E-state index contributed by atoms with van der Waals surface area (Å²) in [4.78, 5) is 37.0. The summed E-state index contributed by atoms with van der Waals surface area (Å²) < 4.78 is 28.6. The average molecular weight is 719 g/mol. The lowest BCUT2D eigenvalue weighted by Gasteiger charge is -2.71. The smallest absolute Gasteiger partial charge is 0.311 e. The molecule has 0 bridgehead atoms. The second-order valence-electron chi connectivity index (χ2n) is 18.3. The first-order chi connectivity index (χ1) is 23.8. The highest BCUT2D eigenvalue weighted by Crippen LogP contribution is 2.75. The molecule has 6 rings (SSSR count). The lowest BCUT2D eigenvalue weighted by atomic mass is 9.34. The van der Waals surface area contributed by atoms with Crippen LogP contribution in [0.3, 0.4) is 0 Å². The Labute approximate surface area is 303 Å². The van der Waals surface area contributed by atoms with Crippen molar-refractivity contribution in [3.63, 3.8) is 0 Å². The molecule has 16 atom stereocenters. The van der Waals surface area contributed by atoms with E-state index < -0.39 is 65.7 Å². The molecule has 0 radical (unpaired) electrons. The molecule has 1 saturated heterocycles. The molecule has 11 nitrogen and oxygen atoms in total. The summed E-state index contributed by atoms with van der Waals surface area (Å²) in [6, 6.07) is 0. The van der Waals surface area contributed by atoms with E-state index in [-0.39, 0.29) is 58.9 Å². The largest absolute Gasteiger partial charge is 0.469 e. The van der Waals surface area contributed by atoms with Crippen molar-refractivity contribution >= 4 is 17.9 Å². The van der Waals surface area contributed by atoms with E-state index in [9.17, 15) is 29.7 Å². The number of allylic oxidation sites excluding steroid dienone is 2. The van der Waals surface area contributed by atoms with E-state index >= 15 is 0 Å². The molecule has 0 unspecified atom stereocenters. The number of hydrogen-bond donors (Lipinski definition) is 3. The first-order valence-corrected chi connectivity index (χ1v) is 19.2. The molecule has 5 aliphatic carbocycles. The van der Waals surface area contributed by atoms with Crippen LogP contribution < -0.4 is 0 Å². The maximum atomic E-state index is 13.1. The summed E-state index contributed by atoms with van der Waals surface area (Å²) in [5, 5.41) is 33.9. The number of fused-ring (bicyclic) bond motifs is 7. The third-order valence-electron chi connectivity index (χ3n) is 15.8. The van der Waals surface area contributed by atoms with Crippen molar-refractivity contribution in [3.8, 4) is 0 Å². The minimum atomic E-state index is -1.47.